The standard InChI is InChI=1S/C29H23N3/c30-22-21-27-31(25-17-9-3-10-18-25)28(23-13-5-1-6-14-23)29(24-15-7-2-8-16-24)32(27)26-19-11-4-12-20-26/h1-20,27H,21H2. The van der Waals surface area contributed by atoms with E-state index in [1.807, 2.05) is 24.3 Å². The largest absolute Gasteiger partial charge is 0.317 e. The highest BCUT2D eigenvalue weighted by Crippen LogP contribution is 2.46. The third-order valence-corrected chi connectivity index (χ3v) is 5.74. The van der Waals surface area contributed by atoms with Crippen LogP contribution in [0.5, 0.6) is 0 Å². The zero-order valence-electron chi connectivity index (χ0n) is 17.7. The van der Waals surface area contributed by atoms with E-state index in [1.54, 1.807) is 0 Å². The summed E-state index contributed by atoms with van der Waals surface area (Å²) in [6.45, 7) is 0. The molecule has 0 bridgehead atoms. The van der Waals surface area contributed by atoms with E-state index in [9.17, 15) is 5.26 Å². The maximum absolute atomic E-state index is 9.85. The zero-order chi connectivity index (χ0) is 21.8. The highest BCUT2D eigenvalue weighted by molar-refractivity contribution is 6.06. The monoisotopic (exact) mass is 413 g/mol. The number of nitrogens with zero attached hydrogens (tertiary/aromatic N) is 3. The van der Waals surface area contributed by atoms with Gasteiger partial charge in [-0.1, -0.05) is 97.1 Å². The van der Waals surface area contributed by atoms with E-state index in [4.69, 9.17) is 0 Å². The summed E-state index contributed by atoms with van der Waals surface area (Å²) < 4.78 is 0. The first-order valence-electron chi connectivity index (χ1n) is 10.8. The fourth-order valence-corrected chi connectivity index (χ4v) is 4.43. The summed E-state index contributed by atoms with van der Waals surface area (Å²) in [6.07, 6.45) is 0.186. The molecule has 0 aromatic heterocycles. The molecule has 1 aliphatic heterocycles. The molecule has 5 rings (SSSR count). The predicted molar refractivity (Wildman–Crippen MR) is 132 cm³/mol. The zero-order valence-corrected chi connectivity index (χ0v) is 17.7. The Balaban J connectivity index is 1.85. The highest BCUT2D eigenvalue weighted by Gasteiger charge is 2.40. The fourth-order valence-electron chi connectivity index (χ4n) is 4.43. The van der Waals surface area contributed by atoms with Gasteiger partial charge in [-0.2, -0.15) is 5.26 Å². The summed E-state index contributed by atoms with van der Waals surface area (Å²) in [5.74, 6) is 0. The van der Waals surface area contributed by atoms with Crippen molar-refractivity contribution in [2.24, 2.45) is 0 Å². The SMILES string of the molecule is N#CCC1N(c2ccccc2)C(c2ccccc2)=C(c2ccccc2)N1c1ccccc1. The first-order valence-corrected chi connectivity index (χ1v) is 10.8. The third-order valence-electron chi connectivity index (χ3n) is 5.74. The molecule has 0 fully saturated rings. The molecule has 3 heteroatoms. The Hall–Kier alpha value is -4.29. The second-order valence-corrected chi connectivity index (χ2v) is 7.68. The van der Waals surface area contributed by atoms with Gasteiger partial charge < -0.3 is 9.80 Å². The van der Waals surface area contributed by atoms with Crippen LogP contribution in [0.4, 0.5) is 11.4 Å². The van der Waals surface area contributed by atoms with Crippen LogP contribution >= 0.6 is 0 Å². The molecule has 0 saturated carbocycles. The minimum atomic E-state index is -0.171. The summed E-state index contributed by atoms with van der Waals surface area (Å²) in [7, 11) is 0. The molecular formula is C29H23N3. The van der Waals surface area contributed by atoms with Gasteiger partial charge in [-0.3, -0.25) is 0 Å². The van der Waals surface area contributed by atoms with Crippen LogP contribution in [0, 0.1) is 11.3 Å². The summed E-state index contributed by atoms with van der Waals surface area (Å²) in [6, 6.07) is 44.1. The molecule has 4 aromatic rings. The normalized spacial score (nSPS) is 14.0. The Kier molecular flexibility index (Phi) is 5.43. The molecule has 0 N–H and O–H groups in total. The first-order chi connectivity index (χ1) is 15.9. The van der Waals surface area contributed by atoms with E-state index >= 15 is 0 Å². The molecule has 0 amide bonds. The molecule has 0 saturated heterocycles. The van der Waals surface area contributed by atoms with Crippen molar-refractivity contribution in [3.05, 3.63) is 132 Å². The average Bonchev–Trinajstić information content (AvgIpc) is 3.21. The van der Waals surface area contributed by atoms with Gasteiger partial charge in [-0.05, 0) is 24.3 Å². The molecule has 4 aromatic carbocycles. The lowest BCUT2D eigenvalue weighted by atomic mass is 10.0. The number of nitriles is 1. The van der Waals surface area contributed by atoms with Crippen LogP contribution in [-0.4, -0.2) is 6.17 Å². The van der Waals surface area contributed by atoms with Crippen LogP contribution in [0.15, 0.2) is 121 Å². The van der Waals surface area contributed by atoms with Crippen LogP contribution < -0.4 is 9.80 Å². The number of hydrogen-bond acceptors (Lipinski definition) is 3. The summed E-state index contributed by atoms with van der Waals surface area (Å²) >= 11 is 0. The van der Waals surface area contributed by atoms with Gasteiger partial charge in [-0.15, -0.1) is 0 Å². The molecule has 154 valence electrons. The van der Waals surface area contributed by atoms with E-state index in [1.165, 1.54) is 0 Å². The molecule has 0 spiro atoms. The van der Waals surface area contributed by atoms with Gasteiger partial charge in [0, 0.05) is 22.5 Å². The van der Waals surface area contributed by atoms with Crippen molar-refractivity contribution in [3.8, 4) is 6.07 Å². The predicted octanol–water partition coefficient (Wildman–Crippen LogP) is 6.78. The van der Waals surface area contributed by atoms with Crippen LogP contribution in [0.2, 0.25) is 0 Å². The van der Waals surface area contributed by atoms with E-state index in [-0.39, 0.29) is 6.17 Å². The Morgan fingerprint density at radius 1 is 0.531 bits per heavy atom. The Morgan fingerprint density at radius 3 is 1.22 bits per heavy atom. The molecule has 0 aliphatic carbocycles. The van der Waals surface area contributed by atoms with Crippen molar-refractivity contribution in [2.45, 2.75) is 12.6 Å². The number of hydrogen-bond donors (Lipinski definition) is 0. The van der Waals surface area contributed by atoms with Crippen molar-refractivity contribution in [1.82, 2.24) is 0 Å². The van der Waals surface area contributed by atoms with Gasteiger partial charge in [0.15, 0.2) is 0 Å². The van der Waals surface area contributed by atoms with Crippen LogP contribution in [0.25, 0.3) is 11.4 Å². The second-order valence-electron chi connectivity index (χ2n) is 7.68. The summed E-state index contributed by atoms with van der Waals surface area (Å²) in [5, 5.41) is 9.85. The number of anilines is 2. The molecule has 3 nitrogen and oxygen atoms in total. The Bertz CT molecular complexity index is 1150. The summed E-state index contributed by atoms with van der Waals surface area (Å²) in [4.78, 5) is 4.63. The van der Waals surface area contributed by atoms with E-state index in [2.05, 4.69) is 113 Å². The fraction of sp³-hybridized carbons (Fsp3) is 0.0690. The van der Waals surface area contributed by atoms with Gasteiger partial charge in [0.1, 0.15) is 6.17 Å². The molecule has 1 aliphatic rings. The Labute approximate surface area is 189 Å². The number of para-hydroxylation sites is 2. The smallest absolute Gasteiger partial charge is 0.124 e. The van der Waals surface area contributed by atoms with Gasteiger partial charge >= 0.3 is 0 Å². The van der Waals surface area contributed by atoms with E-state index in [0.29, 0.717) is 6.42 Å². The lowest BCUT2D eigenvalue weighted by molar-refractivity contribution is 0.706. The van der Waals surface area contributed by atoms with Crippen molar-refractivity contribution in [2.75, 3.05) is 9.80 Å². The van der Waals surface area contributed by atoms with Crippen molar-refractivity contribution < 1.29 is 0 Å². The van der Waals surface area contributed by atoms with Crippen molar-refractivity contribution >= 4 is 22.8 Å². The maximum Gasteiger partial charge on any atom is 0.124 e. The quantitative estimate of drug-likeness (QED) is 0.361. The van der Waals surface area contributed by atoms with Crippen LogP contribution in [-0.2, 0) is 0 Å². The molecule has 0 atom stereocenters. The number of rotatable bonds is 5. The van der Waals surface area contributed by atoms with Gasteiger partial charge in [0.25, 0.3) is 0 Å². The first kappa shape index (κ1) is 19.7. The molecule has 0 unspecified atom stereocenters. The molecule has 32 heavy (non-hydrogen) atoms. The summed E-state index contributed by atoms with van der Waals surface area (Å²) in [5.41, 5.74) is 6.59. The van der Waals surface area contributed by atoms with Crippen molar-refractivity contribution in [1.29, 1.82) is 5.26 Å². The topological polar surface area (TPSA) is 30.3 Å². The lowest BCUT2D eigenvalue weighted by Gasteiger charge is -2.33. The molecular weight excluding hydrogens is 390 g/mol. The lowest BCUT2D eigenvalue weighted by Crippen LogP contribution is -2.40. The van der Waals surface area contributed by atoms with Gasteiger partial charge in [-0.25, -0.2) is 0 Å². The van der Waals surface area contributed by atoms with Crippen LogP contribution in [0.3, 0.4) is 0 Å². The average molecular weight is 414 g/mol. The van der Waals surface area contributed by atoms with Crippen LogP contribution in [0.1, 0.15) is 17.5 Å². The Morgan fingerprint density at radius 2 is 0.875 bits per heavy atom. The van der Waals surface area contributed by atoms with Gasteiger partial charge in [0.2, 0.25) is 0 Å². The third kappa shape index (κ3) is 3.53. The highest BCUT2D eigenvalue weighted by atomic mass is 15.4. The maximum atomic E-state index is 9.85. The van der Waals surface area contributed by atoms with Gasteiger partial charge in [0.05, 0.1) is 23.9 Å². The minimum absolute atomic E-state index is 0.171. The molecule has 1 heterocycles. The molecule has 0 radical (unpaired) electrons. The van der Waals surface area contributed by atoms with E-state index in [0.717, 1.165) is 33.9 Å². The number of benzene rings is 4. The van der Waals surface area contributed by atoms with Crippen molar-refractivity contribution in [3.63, 3.8) is 0 Å². The minimum Gasteiger partial charge on any atom is -0.317 e. The van der Waals surface area contributed by atoms with E-state index < -0.39 is 0 Å². The second kappa shape index (κ2) is 8.83.